The molecule has 0 unspecified atom stereocenters. The Hall–Kier alpha value is -1.70. The third-order valence-corrected chi connectivity index (χ3v) is 1.44. The Morgan fingerprint density at radius 1 is 1.54 bits per heavy atom. The number of rotatable bonds is 2. The number of halogens is 2. The molecule has 1 aromatic heterocycles. The van der Waals surface area contributed by atoms with E-state index in [1.165, 1.54) is 0 Å². The van der Waals surface area contributed by atoms with Gasteiger partial charge < -0.3 is 5.11 Å². The molecule has 0 spiro atoms. The van der Waals surface area contributed by atoms with Gasteiger partial charge in [0, 0.05) is 0 Å². The summed E-state index contributed by atoms with van der Waals surface area (Å²) in [6.07, 6.45) is -2.86. The van der Waals surface area contributed by atoms with Gasteiger partial charge in [-0.15, -0.1) is 0 Å². The lowest BCUT2D eigenvalue weighted by Gasteiger charge is -2.02. The van der Waals surface area contributed by atoms with Gasteiger partial charge in [0.25, 0.3) is 6.43 Å². The Morgan fingerprint density at radius 2 is 2.23 bits per heavy atom. The molecule has 0 radical (unpaired) electrons. The highest BCUT2D eigenvalue weighted by atomic mass is 19.3. The molecule has 1 N–H and O–H groups in total. The van der Waals surface area contributed by atoms with Gasteiger partial charge in [0.2, 0.25) is 0 Å². The minimum Gasteiger partial charge on any atom is -0.506 e. The molecule has 0 atom stereocenters. The molecule has 0 aromatic carbocycles. The fourth-order valence-corrected chi connectivity index (χ4v) is 0.837. The number of hydrogen-bond donors (Lipinski definition) is 1. The van der Waals surface area contributed by atoms with Gasteiger partial charge in [-0.2, -0.15) is 5.26 Å². The third-order valence-electron chi connectivity index (χ3n) is 1.44. The summed E-state index contributed by atoms with van der Waals surface area (Å²) in [4.78, 5) is 3.44. The van der Waals surface area contributed by atoms with E-state index in [4.69, 9.17) is 10.4 Å². The van der Waals surface area contributed by atoms with Crippen molar-refractivity contribution >= 4 is 0 Å². The molecule has 1 rings (SSSR count). The molecule has 0 aliphatic rings. The molecule has 0 saturated heterocycles. The van der Waals surface area contributed by atoms with E-state index in [1.54, 1.807) is 6.07 Å². The van der Waals surface area contributed by atoms with Crippen LogP contribution < -0.4 is 0 Å². The molecule has 3 nitrogen and oxygen atoms in total. The highest BCUT2D eigenvalue weighted by molar-refractivity contribution is 5.30. The van der Waals surface area contributed by atoms with Crippen LogP contribution in [0.4, 0.5) is 8.78 Å². The fraction of sp³-hybridized carbons (Fsp3) is 0.250. The SMILES string of the molecule is N#CCc1nc(C(F)F)ccc1O. The van der Waals surface area contributed by atoms with Gasteiger partial charge in [0.1, 0.15) is 11.4 Å². The molecular formula is C8H6F2N2O. The zero-order valence-corrected chi connectivity index (χ0v) is 6.54. The van der Waals surface area contributed by atoms with Crippen LogP contribution in [0.15, 0.2) is 12.1 Å². The van der Waals surface area contributed by atoms with Crippen molar-refractivity contribution in [2.75, 3.05) is 0 Å². The molecule has 0 bridgehead atoms. The Bertz CT molecular complexity index is 346. The van der Waals surface area contributed by atoms with Crippen LogP contribution in [0.1, 0.15) is 17.8 Å². The van der Waals surface area contributed by atoms with Crippen molar-refractivity contribution in [2.24, 2.45) is 0 Å². The van der Waals surface area contributed by atoms with Crippen LogP contribution in [-0.2, 0) is 6.42 Å². The monoisotopic (exact) mass is 184 g/mol. The number of hydrogen-bond acceptors (Lipinski definition) is 3. The number of aromatic nitrogens is 1. The first-order valence-electron chi connectivity index (χ1n) is 3.49. The Morgan fingerprint density at radius 3 is 2.77 bits per heavy atom. The normalized spacial score (nSPS) is 10.0. The lowest BCUT2D eigenvalue weighted by molar-refractivity contribution is 0.145. The van der Waals surface area contributed by atoms with Crippen molar-refractivity contribution < 1.29 is 13.9 Å². The summed E-state index contributed by atoms with van der Waals surface area (Å²) in [5.74, 6) is -0.231. The Balaban J connectivity index is 3.05. The van der Waals surface area contributed by atoms with E-state index in [1.807, 2.05) is 0 Å². The zero-order valence-electron chi connectivity index (χ0n) is 6.54. The highest BCUT2D eigenvalue weighted by Gasteiger charge is 2.11. The molecule has 13 heavy (non-hydrogen) atoms. The van der Waals surface area contributed by atoms with Crippen molar-refractivity contribution in [1.29, 1.82) is 5.26 Å². The predicted molar refractivity (Wildman–Crippen MR) is 40.2 cm³/mol. The molecule has 0 aliphatic heterocycles. The van der Waals surface area contributed by atoms with Crippen LogP contribution in [-0.4, -0.2) is 10.1 Å². The predicted octanol–water partition coefficient (Wildman–Crippen LogP) is 1.79. The van der Waals surface area contributed by atoms with E-state index in [0.717, 1.165) is 12.1 Å². The first-order valence-corrected chi connectivity index (χ1v) is 3.49. The van der Waals surface area contributed by atoms with Crippen LogP contribution in [0.5, 0.6) is 5.75 Å². The van der Waals surface area contributed by atoms with Crippen LogP contribution >= 0.6 is 0 Å². The average Bonchev–Trinajstić information content (AvgIpc) is 2.08. The van der Waals surface area contributed by atoms with Crippen molar-refractivity contribution in [3.05, 3.63) is 23.5 Å². The fourth-order valence-electron chi connectivity index (χ4n) is 0.837. The van der Waals surface area contributed by atoms with Crippen LogP contribution in [0.2, 0.25) is 0 Å². The van der Waals surface area contributed by atoms with Gasteiger partial charge in [0.15, 0.2) is 0 Å². The van der Waals surface area contributed by atoms with Gasteiger partial charge in [-0.25, -0.2) is 13.8 Å². The van der Waals surface area contributed by atoms with E-state index in [-0.39, 0.29) is 17.9 Å². The largest absolute Gasteiger partial charge is 0.506 e. The van der Waals surface area contributed by atoms with E-state index in [0.29, 0.717) is 0 Å². The second-order valence-corrected chi connectivity index (χ2v) is 2.34. The maximum absolute atomic E-state index is 12.1. The molecule has 0 fully saturated rings. The van der Waals surface area contributed by atoms with E-state index >= 15 is 0 Å². The van der Waals surface area contributed by atoms with Crippen LogP contribution in [0.3, 0.4) is 0 Å². The quantitative estimate of drug-likeness (QED) is 0.762. The highest BCUT2D eigenvalue weighted by Crippen LogP contribution is 2.21. The molecular weight excluding hydrogens is 178 g/mol. The summed E-state index contributed by atoms with van der Waals surface area (Å²) >= 11 is 0. The van der Waals surface area contributed by atoms with Crippen LogP contribution in [0, 0.1) is 11.3 Å². The number of nitriles is 1. The summed E-state index contributed by atoms with van der Waals surface area (Å²) in [5.41, 5.74) is -0.441. The zero-order chi connectivity index (χ0) is 9.84. The van der Waals surface area contributed by atoms with Crippen molar-refractivity contribution in [3.8, 4) is 11.8 Å². The topological polar surface area (TPSA) is 56.9 Å². The summed E-state index contributed by atoms with van der Waals surface area (Å²) in [7, 11) is 0. The standard InChI is InChI=1S/C8H6F2N2O/c9-8(10)6-1-2-7(13)5(12-6)3-4-11/h1-2,8,13H,3H2. The maximum atomic E-state index is 12.1. The van der Waals surface area contributed by atoms with Gasteiger partial charge in [0.05, 0.1) is 18.2 Å². The van der Waals surface area contributed by atoms with E-state index in [9.17, 15) is 8.78 Å². The first-order chi connectivity index (χ1) is 6.15. The molecule has 0 saturated carbocycles. The Labute approximate surface area is 73.3 Å². The average molecular weight is 184 g/mol. The van der Waals surface area contributed by atoms with Gasteiger partial charge in [-0.1, -0.05) is 0 Å². The minimum absolute atomic E-state index is 0.0136. The van der Waals surface area contributed by atoms with Gasteiger partial charge in [-0.05, 0) is 12.1 Å². The summed E-state index contributed by atoms with van der Waals surface area (Å²) in [5, 5.41) is 17.4. The molecule has 0 amide bonds. The second-order valence-electron chi connectivity index (χ2n) is 2.34. The second kappa shape index (κ2) is 3.81. The molecule has 1 aromatic rings. The van der Waals surface area contributed by atoms with Crippen molar-refractivity contribution in [3.63, 3.8) is 0 Å². The number of alkyl halides is 2. The van der Waals surface area contributed by atoms with Crippen LogP contribution in [0.25, 0.3) is 0 Å². The van der Waals surface area contributed by atoms with Crippen molar-refractivity contribution in [1.82, 2.24) is 4.98 Å². The third kappa shape index (κ3) is 2.12. The lowest BCUT2D eigenvalue weighted by Crippen LogP contribution is -1.95. The van der Waals surface area contributed by atoms with E-state index in [2.05, 4.69) is 4.98 Å². The number of aromatic hydroxyl groups is 1. The lowest BCUT2D eigenvalue weighted by atomic mass is 10.2. The molecule has 5 heteroatoms. The Kier molecular flexibility index (Phi) is 2.75. The summed E-state index contributed by atoms with van der Waals surface area (Å²) < 4.78 is 24.2. The van der Waals surface area contributed by atoms with Gasteiger partial charge >= 0.3 is 0 Å². The van der Waals surface area contributed by atoms with Crippen molar-refractivity contribution in [2.45, 2.75) is 12.8 Å². The minimum atomic E-state index is -2.68. The maximum Gasteiger partial charge on any atom is 0.280 e. The first kappa shape index (κ1) is 9.39. The summed E-state index contributed by atoms with van der Waals surface area (Å²) in [6, 6.07) is 3.86. The number of nitrogens with zero attached hydrogens (tertiary/aromatic N) is 2. The molecule has 1 heterocycles. The summed E-state index contributed by atoms with van der Waals surface area (Å²) in [6.45, 7) is 0. The molecule has 0 aliphatic carbocycles. The number of pyridine rings is 1. The smallest absolute Gasteiger partial charge is 0.280 e. The van der Waals surface area contributed by atoms with Gasteiger partial charge in [-0.3, -0.25) is 0 Å². The van der Waals surface area contributed by atoms with E-state index < -0.39 is 12.1 Å². The molecule has 68 valence electrons.